The van der Waals surface area contributed by atoms with E-state index in [1.807, 2.05) is 0 Å². The van der Waals surface area contributed by atoms with Crippen LogP contribution in [0.25, 0.3) is 0 Å². The smallest absolute Gasteiger partial charge is 0.0465 e. The fourth-order valence-corrected chi connectivity index (χ4v) is 1.55. The molecular formula is C5H14O2Si. The molecule has 0 amide bonds. The van der Waals surface area contributed by atoms with Gasteiger partial charge in [0.1, 0.15) is 0 Å². The van der Waals surface area contributed by atoms with Crippen LogP contribution in [-0.2, 0) is 4.74 Å². The lowest BCUT2D eigenvalue weighted by Gasteiger charge is -2.17. The largest absolute Gasteiger partial charge is 0.412 e. The lowest BCUT2D eigenvalue weighted by molar-refractivity contribution is 0.0675. The lowest BCUT2D eigenvalue weighted by Crippen LogP contribution is -2.18. The molecular weight excluding hydrogens is 120 g/mol. The van der Waals surface area contributed by atoms with E-state index in [0.29, 0.717) is 5.73 Å². The molecule has 50 valence electrons. The quantitative estimate of drug-likeness (QED) is 0.394. The second-order valence-corrected chi connectivity index (χ2v) is 3.47. The highest BCUT2D eigenvalue weighted by molar-refractivity contribution is 6.10. The summed E-state index contributed by atoms with van der Waals surface area (Å²) in [4.78, 5) is 0. The number of hydrogen-bond acceptors (Lipinski definition) is 1. The summed E-state index contributed by atoms with van der Waals surface area (Å²) in [5, 5.41) is 0. The maximum absolute atomic E-state index is 5.34. The van der Waals surface area contributed by atoms with Gasteiger partial charge in [0.2, 0.25) is 0 Å². The summed E-state index contributed by atoms with van der Waals surface area (Å²) in [7, 11) is 1.23. The molecule has 0 saturated carbocycles. The number of ether oxygens (including phenoxy) is 1. The van der Waals surface area contributed by atoms with E-state index in [1.54, 1.807) is 0 Å². The van der Waals surface area contributed by atoms with Crippen LogP contribution in [0.2, 0.25) is 0 Å². The second-order valence-electron chi connectivity index (χ2n) is 2.18. The highest BCUT2D eigenvalue weighted by Crippen LogP contribution is 2.08. The van der Waals surface area contributed by atoms with Crippen LogP contribution in [0.5, 0.6) is 0 Å². The van der Waals surface area contributed by atoms with E-state index in [0.717, 1.165) is 6.61 Å². The molecule has 8 heavy (non-hydrogen) atoms. The Morgan fingerprint density at radius 2 is 2.12 bits per heavy atom. The molecule has 0 radical (unpaired) electrons. The van der Waals surface area contributed by atoms with Gasteiger partial charge in [-0.3, -0.25) is 0 Å². The molecule has 0 aliphatic carbocycles. The normalized spacial score (nSPS) is 29.2. The van der Waals surface area contributed by atoms with Crippen LogP contribution in [0.3, 0.4) is 0 Å². The van der Waals surface area contributed by atoms with E-state index in [2.05, 4.69) is 0 Å². The van der Waals surface area contributed by atoms with Gasteiger partial charge in [-0.05, 0) is 19.3 Å². The zero-order chi connectivity index (χ0) is 5.11. The summed E-state index contributed by atoms with van der Waals surface area (Å²) in [5.41, 5.74) is 0.675. The Kier molecular flexibility index (Phi) is 4.13. The minimum atomic E-state index is 0. The van der Waals surface area contributed by atoms with Crippen LogP contribution in [0.1, 0.15) is 19.3 Å². The number of rotatable bonds is 0. The minimum Gasteiger partial charge on any atom is -0.412 e. The molecule has 2 N–H and O–H groups in total. The zero-order valence-corrected chi connectivity index (χ0v) is 7.31. The van der Waals surface area contributed by atoms with Crippen LogP contribution in [0.15, 0.2) is 0 Å². The van der Waals surface area contributed by atoms with Crippen molar-refractivity contribution in [3.63, 3.8) is 0 Å². The molecule has 0 aromatic rings. The molecule has 0 spiro atoms. The van der Waals surface area contributed by atoms with Crippen molar-refractivity contribution in [3.05, 3.63) is 0 Å². The first-order valence-corrected chi connectivity index (χ1v) is 4.16. The van der Waals surface area contributed by atoms with E-state index in [1.165, 1.54) is 29.5 Å². The summed E-state index contributed by atoms with van der Waals surface area (Å²) in [6, 6.07) is 0. The third-order valence-corrected chi connectivity index (χ3v) is 2.32. The van der Waals surface area contributed by atoms with Gasteiger partial charge in [-0.15, -0.1) is 0 Å². The van der Waals surface area contributed by atoms with Gasteiger partial charge in [-0.2, -0.15) is 0 Å². The first-order chi connectivity index (χ1) is 3.39. The van der Waals surface area contributed by atoms with Crippen molar-refractivity contribution in [2.45, 2.75) is 25.0 Å². The number of hydrogen-bond donors (Lipinski definition) is 0. The highest BCUT2D eigenvalue weighted by atomic mass is 28.1. The first-order valence-electron chi connectivity index (χ1n) is 3.01. The molecule has 0 aromatic heterocycles. The monoisotopic (exact) mass is 134 g/mol. The van der Waals surface area contributed by atoms with Gasteiger partial charge < -0.3 is 10.2 Å². The predicted octanol–water partition coefficient (Wildman–Crippen LogP) is -0.946. The Balaban J connectivity index is 0.000000490. The Hall–Kier alpha value is 0.137. The van der Waals surface area contributed by atoms with Crippen molar-refractivity contribution in [3.8, 4) is 0 Å². The first kappa shape index (κ1) is 8.14. The molecule has 1 aliphatic heterocycles. The van der Waals surface area contributed by atoms with Crippen LogP contribution in [0, 0.1) is 0 Å². The molecule has 1 heterocycles. The third kappa shape index (κ3) is 2.45. The molecule has 0 bridgehead atoms. The summed E-state index contributed by atoms with van der Waals surface area (Å²) in [5.74, 6) is 0. The Labute approximate surface area is 53.0 Å². The predicted molar refractivity (Wildman–Crippen MR) is 37.1 cm³/mol. The summed E-state index contributed by atoms with van der Waals surface area (Å²) >= 11 is 0. The van der Waals surface area contributed by atoms with E-state index < -0.39 is 0 Å². The Morgan fingerprint density at radius 3 is 2.38 bits per heavy atom. The molecule has 0 aromatic carbocycles. The molecule has 1 atom stereocenters. The van der Waals surface area contributed by atoms with Gasteiger partial charge in [0.25, 0.3) is 0 Å². The maximum atomic E-state index is 5.34. The van der Waals surface area contributed by atoms with Crippen LogP contribution in [0.4, 0.5) is 0 Å². The third-order valence-electron chi connectivity index (χ3n) is 1.41. The molecule has 1 unspecified atom stereocenters. The topological polar surface area (TPSA) is 40.7 Å². The molecule has 1 saturated heterocycles. The van der Waals surface area contributed by atoms with E-state index in [-0.39, 0.29) is 5.48 Å². The molecule has 2 nitrogen and oxygen atoms in total. The zero-order valence-electron chi connectivity index (χ0n) is 5.31. The Bertz CT molecular complexity index is 52.4. The average molecular weight is 134 g/mol. The fraction of sp³-hybridized carbons (Fsp3) is 1.00. The van der Waals surface area contributed by atoms with Crippen LogP contribution >= 0.6 is 0 Å². The standard InChI is InChI=1S/C5H12OSi.H2O/c7-5-3-1-2-4-6-5;/h5H,1-4H2,7H3;1H2. The summed E-state index contributed by atoms with van der Waals surface area (Å²) in [6.45, 7) is 1.02. The summed E-state index contributed by atoms with van der Waals surface area (Å²) < 4.78 is 5.34. The lowest BCUT2D eigenvalue weighted by atomic mass is 10.2. The molecule has 3 heteroatoms. The second kappa shape index (κ2) is 4.06. The van der Waals surface area contributed by atoms with E-state index in [9.17, 15) is 0 Å². The van der Waals surface area contributed by atoms with Crippen molar-refractivity contribution in [2.24, 2.45) is 0 Å². The SMILES string of the molecule is O.[SiH3]C1CCCCO1. The van der Waals surface area contributed by atoms with Crippen molar-refractivity contribution in [2.75, 3.05) is 6.61 Å². The maximum Gasteiger partial charge on any atom is 0.0465 e. The van der Waals surface area contributed by atoms with Crippen molar-refractivity contribution >= 4 is 10.2 Å². The van der Waals surface area contributed by atoms with Gasteiger partial charge in [0.15, 0.2) is 0 Å². The minimum absolute atomic E-state index is 0. The van der Waals surface area contributed by atoms with Crippen molar-refractivity contribution in [1.82, 2.24) is 0 Å². The van der Waals surface area contributed by atoms with E-state index >= 15 is 0 Å². The van der Waals surface area contributed by atoms with Crippen molar-refractivity contribution in [1.29, 1.82) is 0 Å². The van der Waals surface area contributed by atoms with Gasteiger partial charge in [0, 0.05) is 22.6 Å². The van der Waals surface area contributed by atoms with Gasteiger partial charge in [-0.1, -0.05) is 0 Å². The molecule has 1 rings (SSSR count). The van der Waals surface area contributed by atoms with Crippen LogP contribution in [-0.4, -0.2) is 28.1 Å². The molecule has 1 aliphatic rings. The fourth-order valence-electron chi connectivity index (χ4n) is 0.902. The average Bonchev–Trinajstić information content (AvgIpc) is 1.69. The van der Waals surface area contributed by atoms with E-state index in [4.69, 9.17) is 4.74 Å². The Morgan fingerprint density at radius 1 is 1.38 bits per heavy atom. The molecule has 1 fully saturated rings. The highest BCUT2D eigenvalue weighted by Gasteiger charge is 2.05. The summed E-state index contributed by atoms with van der Waals surface area (Å²) in [6.07, 6.45) is 4.01. The van der Waals surface area contributed by atoms with Gasteiger partial charge >= 0.3 is 0 Å². The van der Waals surface area contributed by atoms with Crippen molar-refractivity contribution < 1.29 is 10.2 Å². The van der Waals surface area contributed by atoms with Gasteiger partial charge in [0.05, 0.1) is 0 Å². The van der Waals surface area contributed by atoms with Gasteiger partial charge in [-0.25, -0.2) is 0 Å². The van der Waals surface area contributed by atoms with Crippen LogP contribution < -0.4 is 0 Å².